The molecule has 0 atom stereocenters. The van der Waals surface area contributed by atoms with Gasteiger partial charge >= 0.3 is 12.3 Å². The Morgan fingerprint density at radius 3 is 2.47 bits per heavy atom. The first kappa shape index (κ1) is 13.0. The van der Waals surface area contributed by atoms with Crippen molar-refractivity contribution in [3.05, 3.63) is 0 Å². The van der Waals surface area contributed by atoms with Crippen LogP contribution in [0.5, 0.6) is 0 Å². The van der Waals surface area contributed by atoms with Crippen LogP contribution in [0.3, 0.4) is 0 Å². The van der Waals surface area contributed by atoms with Gasteiger partial charge in [0.15, 0.2) is 5.79 Å². The van der Waals surface area contributed by atoms with Crippen LogP contribution in [0.1, 0.15) is 12.8 Å². The first-order chi connectivity index (χ1) is 7.94. The number of halogens is 4. The van der Waals surface area contributed by atoms with E-state index in [4.69, 9.17) is 9.47 Å². The molecule has 0 unspecified atom stereocenters. The molecule has 2 aliphatic rings. The van der Waals surface area contributed by atoms with Gasteiger partial charge in [-0.15, -0.1) is 0 Å². The second-order valence-electron chi connectivity index (χ2n) is 4.48. The molecule has 1 spiro atoms. The van der Waals surface area contributed by atoms with Crippen molar-refractivity contribution in [3.8, 4) is 0 Å². The van der Waals surface area contributed by atoms with Crippen molar-refractivity contribution in [1.82, 2.24) is 4.90 Å². The average Bonchev–Trinajstić information content (AvgIpc) is 2.65. The molecule has 2 aliphatic heterocycles. The predicted molar refractivity (Wildman–Crippen MR) is 51.3 cm³/mol. The quantitative estimate of drug-likeness (QED) is 0.719. The number of likely N-dealkylation sites (tertiary alicyclic amines) is 1. The third kappa shape index (κ3) is 2.89. The highest BCUT2D eigenvalue weighted by atomic mass is 19.3. The van der Waals surface area contributed by atoms with E-state index in [1.807, 2.05) is 0 Å². The van der Waals surface area contributed by atoms with Gasteiger partial charge in [0.25, 0.3) is 0 Å². The van der Waals surface area contributed by atoms with Crippen LogP contribution in [0, 0.1) is 0 Å². The van der Waals surface area contributed by atoms with Crippen LogP contribution in [0.4, 0.5) is 17.6 Å². The lowest BCUT2D eigenvalue weighted by Gasteiger charge is -2.39. The number of piperidine rings is 1. The molecule has 2 saturated heterocycles. The van der Waals surface area contributed by atoms with Crippen LogP contribution in [-0.2, 0) is 9.47 Å². The van der Waals surface area contributed by atoms with E-state index in [0.717, 1.165) is 0 Å². The van der Waals surface area contributed by atoms with Crippen molar-refractivity contribution in [3.63, 3.8) is 0 Å². The maximum absolute atomic E-state index is 12.9. The molecular weight excluding hydrogens is 242 g/mol. The molecule has 0 saturated carbocycles. The van der Waals surface area contributed by atoms with E-state index in [9.17, 15) is 17.6 Å². The molecule has 3 nitrogen and oxygen atoms in total. The lowest BCUT2D eigenvalue weighted by atomic mass is 10.0. The van der Waals surface area contributed by atoms with Gasteiger partial charge in [-0.05, 0) is 13.0 Å². The van der Waals surface area contributed by atoms with Gasteiger partial charge in [-0.1, -0.05) is 0 Å². The second kappa shape index (κ2) is 4.70. The topological polar surface area (TPSA) is 21.7 Å². The van der Waals surface area contributed by atoms with Crippen LogP contribution in [0.15, 0.2) is 0 Å². The van der Waals surface area contributed by atoms with Crippen LogP contribution in [-0.4, -0.2) is 55.9 Å². The first-order valence-electron chi connectivity index (χ1n) is 5.60. The Bertz CT molecular complexity index is 267. The number of hydrogen-bond donors (Lipinski definition) is 0. The molecule has 0 radical (unpaired) electrons. The minimum Gasteiger partial charge on any atom is -0.346 e. The van der Waals surface area contributed by atoms with E-state index in [0.29, 0.717) is 32.6 Å². The van der Waals surface area contributed by atoms with E-state index < -0.39 is 24.7 Å². The number of rotatable bonds is 3. The molecule has 2 rings (SSSR count). The zero-order valence-corrected chi connectivity index (χ0v) is 9.30. The molecule has 0 bridgehead atoms. The molecule has 0 aliphatic carbocycles. The summed E-state index contributed by atoms with van der Waals surface area (Å²) in [6.45, 7) is 0.420. The van der Waals surface area contributed by atoms with E-state index >= 15 is 0 Å². The summed E-state index contributed by atoms with van der Waals surface area (Å²) in [6.07, 6.45) is -2.39. The predicted octanol–water partition coefficient (Wildman–Crippen LogP) is 1.73. The van der Waals surface area contributed by atoms with Crippen LogP contribution in [0.25, 0.3) is 0 Å². The third-order valence-electron chi connectivity index (χ3n) is 3.06. The second-order valence-corrected chi connectivity index (χ2v) is 4.48. The molecule has 0 amide bonds. The number of alkyl halides is 4. The minimum absolute atomic E-state index is 0.134. The molecule has 100 valence electrons. The molecule has 7 heteroatoms. The molecule has 0 aromatic rings. The maximum atomic E-state index is 12.9. The number of ether oxygens (including phenoxy) is 2. The Morgan fingerprint density at radius 1 is 1.24 bits per heavy atom. The lowest BCUT2D eigenvalue weighted by molar-refractivity contribution is -0.205. The summed E-state index contributed by atoms with van der Waals surface area (Å²) in [4.78, 5) is 1.29. The molecular formula is C10H15F4NO2. The van der Waals surface area contributed by atoms with Gasteiger partial charge in [-0.3, -0.25) is 4.90 Å². The van der Waals surface area contributed by atoms with Gasteiger partial charge < -0.3 is 9.47 Å². The summed E-state index contributed by atoms with van der Waals surface area (Å²) in [5, 5.41) is 0. The molecule has 0 N–H and O–H groups in total. The Labute approximate surface area is 96.7 Å². The van der Waals surface area contributed by atoms with Crippen molar-refractivity contribution in [2.45, 2.75) is 31.0 Å². The summed E-state index contributed by atoms with van der Waals surface area (Å²) in [5.41, 5.74) is 0. The highest BCUT2D eigenvalue weighted by molar-refractivity contribution is 4.86. The molecule has 2 heterocycles. The standard InChI is InChI=1S/C10H15F4NO2/c11-8(12)10(13,14)7-15-3-1-2-9(6-15)16-4-5-17-9/h8H,1-7H2. The summed E-state index contributed by atoms with van der Waals surface area (Å²) in [5.74, 6) is -4.83. The van der Waals surface area contributed by atoms with Gasteiger partial charge in [0.2, 0.25) is 0 Å². The van der Waals surface area contributed by atoms with E-state index in [1.165, 1.54) is 4.90 Å². The Kier molecular flexibility index (Phi) is 3.61. The highest BCUT2D eigenvalue weighted by Gasteiger charge is 2.46. The summed E-state index contributed by atoms with van der Waals surface area (Å²) in [7, 11) is 0. The van der Waals surface area contributed by atoms with Crippen molar-refractivity contribution < 1.29 is 27.0 Å². The minimum atomic E-state index is -3.98. The third-order valence-corrected chi connectivity index (χ3v) is 3.06. The smallest absolute Gasteiger partial charge is 0.319 e. The van der Waals surface area contributed by atoms with Crippen LogP contribution < -0.4 is 0 Å². The summed E-state index contributed by atoms with van der Waals surface area (Å²) < 4.78 is 60.8. The van der Waals surface area contributed by atoms with Crippen LogP contribution in [0.2, 0.25) is 0 Å². The SMILES string of the molecule is FC(F)C(F)(F)CN1CCCC2(C1)OCCO2. The van der Waals surface area contributed by atoms with Gasteiger partial charge in [0, 0.05) is 6.42 Å². The normalized spacial score (nSPS) is 25.9. The zero-order valence-electron chi connectivity index (χ0n) is 9.30. The zero-order chi connectivity index (χ0) is 12.5. The summed E-state index contributed by atoms with van der Waals surface area (Å²) in [6, 6.07) is 0. The summed E-state index contributed by atoms with van der Waals surface area (Å²) >= 11 is 0. The van der Waals surface area contributed by atoms with Gasteiger partial charge in [-0.25, -0.2) is 8.78 Å². The first-order valence-corrected chi connectivity index (χ1v) is 5.60. The Morgan fingerprint density at radius 2 is 1.88 bits per heavy atom. The van der Waals surface area contributed by atoms with Gasteiger partial charge in [0.05, 0.1) is 26.3 Å². The van der Waals surface area contributed by atoms with E-state index in [2.05, 4.69) is 0 Å². The van der Waals surface area contributed by atoms with Crippen molar-refractivity contribution in [1.29, 1.82) is 0 Å². The van der Waals surface area contributed by atoms with E-state index in [1.54, 1.807) is 0 Å². The van der Waals surface area contributed by atoms with Crippen molar-refractivity contribution in [2.24, 2.45) is 0 Å². The molecule has 2 fully saturated rings. The maximum Gasteiger partial charge on any atom is 0.319 e. The van der Waals surface area contributed by atoms with Gasteiger partial charge in [0.1, 0.15) is 0 Å². The van der Waals surface area contributed by atoms with Crippen LogP contribution >= 0.6 is 0 Å². The van der Waals surface area contributed by atoms with Crippen molar-refractivity contribution in [2.75, 3.05) is 32.8 Å². The molecule has 17 heavy (non-hydrogen) atoms. The Hall–Kier alpha value is -0.400. The fourth-order valence-corrected chi connectivity index (χ4v) is 2.31. The van der Waals surface area contributed by atoms with E-state index in [-0.39, 0.29) is 6.54 Å². The lowest BCUT2D eigenvalue weighted by Crippen LogP contribution is -2.53. The fourth-order valence-electron chi connectivity index (χ4n) is 2.31. The fraction of sp³-hybridized carbons (Fsp3) is 1.00. The number of nitrogens with zero attached hydrogens (tertiary/aromatic N) is 1. The highest BCUT2D eigenvalue weighted by Crippen LogP contribution is 2.32. The monoisotopic (exact) mass is 257 g/mol. The Balaban J connectivity index is 1.93. The number of hydrogen-bond acceptors (Lipinski definition) is 3. The largest absolute Gasteiger partial charge is 0.346 e. The molecule has 0 aromatic carbocycles. The van der Waals surface area contributed by atoms with Gasteiger partial charge in [-0.2, -0.15) is 8.78 Å². The average molecular weight is 257 g/mol. The van der Waals surface area contributed by atoms with Crippen molar-refractivity contribution >= 4 is 0 Å². The molecule has 0 aromatic heterocycles.